The lowest BCUT2D eigenvalue weighted by atomic mass is 10.1. The van der Waals surface area contributed by atoms with Crippen LogP contribution < -0.4 is 4.74 Å². The first-order chi connectivity index (χ1) is 9.65. The van der Waals surface area contributed by atoms with Crippen LogP contribution >= 0.6 is 15.9 Å². The monoisotopic (exact) mass is 332 g/mol. The van der Waals surface area contributed by atoms with E-state index in [0.29, 0.717) is 5.75 Å². The molecule has 4 heteroatoms. The van der Waals surface area contributed by atoms with Gasteiger partial charge in [0.05, 0.1) is 0 Å². The maximum absolute atomic E-state index is 10.3. The Labute approximate surface area is 125 Å². The lowest BCUT2D eigenvalue weighted by molar-refractivity contribution is -0.131. The number of rotatable bonds is 5. The molecule has 0 heterocycles. The van der Waals surface area contributed by atoms with Crippen molar-refractivity contribution in [1.29, 1.82) is 0 Å². The second kappa shape index (κ2) is 6.91. The van der Waals surface area contributed by atoms with Crippen LogP contribution in [0.25, 0.3) is 11.1 Å². The zero-order valence-corrected chi connectivity index (χ0v) is 12.2. The van der Waals surface area contributed by atoms with Crippen molar-refractivity contribution in [3.63, 3.8) is 0 Å². The van der Waals surface area contributed by atoms with E-state index < -0.39 is 5.97 Å². The third kappa shape index (κ3) is 4.24. The Kier molecular flexibility index (Phi) is 4.96. The molecule has 3 nitrogen and oxygen atoms in total. The van der Waals surface area contributed by atoms with Gasteiger partial charge in [0.2, 0.25) is 0 Å². The Bertz CT molecular complexity index is 601. The Morgan fingerprint density at radius 2 is 1.60 bits per heavy atom. The van der Waals surface area contributed by atoms with Crippen LogP contribution in [-0.2, 0) is 4.79 Å². The van der Waals surface area contributed by atoms with Crippen LogP contribution in [0.4, 0.5) is 0 Å². The Morgan fingerprint density at radius 1 is 1.05 bits per heavy atom. The number of carboxylic acids is 1. The molecular formula is C16H13BrO3. The van der Waals surface area contributed by atoms with Gasteiger partial charge in [-0.3, -0.25) is 0 Å². The van der Waals surface area contributed by atoms with E-state index in [0.717, 1.165) is 21.7 Å². The highest BCUT2D eigenvalue weighted by atomic mass is 79.9. The van der Waals surface area contributed by atoms with Crippen LogP contribution in [0.3, 0.4) is 0 Å². The van der Waals surface area contributed by atoms with Crippen molar-refractivity contribution >= 4 is 21.9 Å². The molecule has 0 unspecified atom stereocenters. The molecule has 0 spiro atoms. The molecular weight excluding hydrogens is 320 g/mol. The number of ether oxygens (including phenoxy) is 1. The number of carbonyl (C=O) groups is 1. The molecule has 0 amide bonds. The molecule has 0 atom stereocenters. The average Bonchev–Trinajstić information content (AvgIpc) is 2.45. The maximum Gasteiger partial charge on any atom is 0.328 e. The molecule has 1 N–H and O–H groups in total. The lowest BCUT2D eigenvalue weighted by Gasteiger charge is -2.05. The van der Waals surface area contributed by atoms with Gasteiger partial charge in [-0.15, -0.1) is 0 Å². The first-order valence-corrected chi connectivity index (χ1v) is 6.83. The summed E-state index contributed by atoms with van der Waals surface area (Å²) in [5.74, 6) is -0.264. The van der Waals surface area contributed by atoms with E-state index in [4.69, 9.17) is 9.84 Å². The minimum atomic E-state index is -0.973. The predicted molar refractivity (Wildman–Crippen MR) is 81.8 cm³/mol. The molecule has 102 valence electrons. The number of aliphatic carboxylic acids is 1. The van der Waals surface area contributed by atoms with Crippen molar-refractivity contribution in [3.05, 3.63) is 65.2 Å². The first-order valence-electron chi connectivity index (χ1n) is 6.03. The second-order valence-corrected chi connectivity index (χ2v) is 5.00. The summed E-state index contributed by atoms with van der Waals surface area (Å²) < 4.78 is 6.46. The standard InChI is InChI=1S/C16H13BrO3/c17-14-7-3-12(4-8-14)13-5-9-15(10-6-13)20-11-1-2-16(18)19/h1-10H,11H2,(H,18,19). The largest absolute Gasteiger partial charge is 0.490 e. The summed E-state index contributed by atoms with van der Waals surface area (Å²) in [7, 11) is 0. The Balaban J connectivity index is 1.99. The normalized spacial score (nSPS) is 10.7. The van der Waals surface area contributed by atoms with E-state index in [1.54, 1.807) is 0 Å². The third-order valence-corrected chi connectivity index (χ3v) is 3.17. The van der Waals surface area contributed by atoms with Crippen LogP contribution in [0.15, 0.2) is 65.2 Å². The van der Waals surface area contributed by atoms with Crippen molar-refractivity contribution in [1.82, 2.24) is 0 Å². The zero-order valence-electron chi connectivity index (χ0n) is 10.6. The first kappa shape index (κ1) is 14.3. The van der Waals surface area contributed by atoms with Gasteiger partial charge in [0, 0.05) is 10.5 Å². The van der Waals surface area contributed by atoms with E-state index >= 15 is 0 Å². The summed E-state index contributed by atoms with van der Waals surface area (Å²) in [5.41, 5.74) is 2.23. The summed E-state index contributed by atoms with van der Waals surface area (Å²) in [5, 5.41) is 8.45. The molecule has 2 rings (SSSR count). The van der Waals surface area contributed by atoms with Crippen molar-refractivity contribution in [2.75, 3.05) is 6.61 Å². The topological polar surface area (TPSA) is 46.5 Å². The predicted octanol–water partition coefficient (Wildman–Crippen LogP) is 4.14. The molecule has 2 aromatic rings. The van der Waals surface area contributed by atoms with E-state index in [9.17, 15) is 4.79 Å². The fraction of sp³-hybridized carbons (Fsp3) is 0.0625. The summed E-state index contributed by atoms with van der Waals surface area (Å²) in [6.07, 6.45) is 2.53. The summed E-state index contributed by atoms with van der Waals surface area (Å²) in [4.78, 5) is 10.3. The molecule has 0 saturated carbocycles. The molecule has 0 aliphatic carbocycles. The number of benzene rings is 2. The zero-order chi connectivity index (χ0) is 14.4. The highest BCUT2D eigenvalue weighted by Crippen LogP contribution is 2.24. The molecule has 0 saturated heterocycles. The Hall–Kier alpha value is -2.07. The molecule has 0 radical (unpaired) electrons. The van der Waals surface area contributed by atoms with Crippen LogP contribution in [0.2, 0.25) is 0 Å². The van der Waals surface area contributed by atoms with Gasteiger partial charge in [-0.25, -0.2) is 4.79 Å². The molecule has 0 aliphatic heterocycles. The summed E-state index contributed by atoms with van der Waals surface area (Å²) in [6.45, 7) is 0.240. The number of hydrogen-bond donors (Lipinski definition) is 1. The highest BCUT2D eigenvalue weighted by Gasteiger charge is 1.98. The lowest BCUT2D eigenvalue weighted by Crippen LogP contribution is -1.95. The van der Waals surface area contributed by atoms with Crippen LogP contribution in [0.1, 0.15) is 0 Å². The fourth-order valence-electron chi connectivity index (χ4n) is 1.68. The summed E-state index contributed by atoms with van der Waals surface area (Å²) >= 11 is 3.41. The van der Waals surface area contributed by atoms with Gasteiger partial charge in [-0.05, 0) is 41.5 Å². The fourth-order valence-corrected chi connectivity index (χ4v) is 1.94. The van der Waals surface area contributed by atoms with Crippen LogP contribution in [0.5, 0.6) is 5.75 Å². The van der Waals surface area contributed by atoms with Crippen molar-refractivity contribution in [2.45, 2.75) is 0 Å². The van der Waals surface area contributed by atoms with Crippen molar-refractivity contribution in [3.8, 4) is 16.9 Å². The molecule has 0 aromatic heterocycles. The minimum absolute atomic E-state index is 0.240. The highest BCUT2D eigenvalue weighted by molar-refractivity contribution is 9.10. The van der Waals surface area contributed by atoms with Gasteiger partial charge >= 0.3 is 5.97 Å². The maximum atomic E-state index is 10.3. The van der Waals surface area contributed by atoms with Crippen molar-refractivity contribution < 1.29 is 14.6 Å². The number of hydrogen-bond acceptors (Lipinski definition) is 2. The van der Waals surface area contributed by atoms with E-state index in [-0.39, 0.29) is 6.61 Å². The van der Waals surface area contributed by atoms with Gasteiger partial charge in [0.25, 0.3) is 0 Å². The molecule has 0 aliphatic rings. The molecule has 0 bridgehead atoms. The quantitative estimate of drug-likeness (QED) is 0.837. The van der Waals surface area contributed by atoms with E-state index in [2.05, 4.69) is 15.9 Å². The molecule has 2 aromatic carbocycles. The second-order valence-electron chi connectivity index (χ2n) is 4.08. The van der Waals surface area contributed by atoms with Gasteiger partial charge in [-0.2, -0.15) is 0 Å². The van der Waals surface area contributed by atoms with Gasteiger partial charge in [0.1, 0.15) is 12.4 Å². The van der Waals surface area contributed by atoms with Gasteiger partial charge in [0.15, 0.2) is 0 Å². The third-order valence-electron chi connectivity index (χ3n) is 2.64. The molecule has 0 fully saturated rings. The van der Waals surface area contributed by atoms with E-state index in [1.807, 2.05) is 48.5 Å². The van der Waals surface area contributed by atoms with Crippen LogP contribution in [-0.4, -0.2) is 17.7 Å². The number of carboxylic acid groups (broad SMARTS) is 1. The summed E-state index contributed by atoms with van der Waals surface area (Å²) in [6, 6.07) is 15.7. The Morgan fingerprint density at radius 3 is 2.15 bits per heavy atom. The van der Waals surface area contributed by atoms with Crippen molar-refractivity contribution in [2.24, 2.45) is 0 Å². The average molecular weight is 333 g/mol. The smallest absolute Gasteiger partial charge is 0.328 e. The van der Waals surface area contributed by atoms with Gasteiger partial charge < -0.3 is 9.84 Å². The van der Waals surface area contributed by atoms with Crippen LogP contribution in [0, 0.1) is 0 Å². The van der Waals surface area contributed by atoms with E-state index in [1.165, 1.54) is 6.08 Å². The minimum Gasteiger partial charge on any atom is -0.490 e. The SMILES string of the molecule is O=C(O)C=CCOc1ccc(-c2ccc(Br)cc2)cc1. The van der Waals surface area contributed by atoms with Gasteiger partial charge in [-0.1, -0.05) is 40.2 Å². The number of halogens is 1. The molecule has 20 heavy (non-hydrogen) atoms.